The van der Waals surface area contributed by atoms with E-state index in [1.54, 1.807) is 45.0 Å². The van der Waals surface area contributed by atoms with Gasteiger partial charge in [0.1, 0.15) is 17.2 Å². The first-order valence-electron chi connectivity index (χ1n) is 14.0. The minimum absolute atomic E-state index is 0.0908. The van der Waals surface area contributed by atoms with Crippen LogP contribution >= 0.6 is 0 Å². The zero-order valence-electron chi connectivity index (χ0n) is 25.8. The van der Waals surface area contributed by atoms with E-state index in [9.17, 15) is 37.5 Å². The molecular weight excluding hydrogens is 611 g/mol. The first kappa shape index (κ1) is 35.6. The Kier molecular flexibility index (Phi) is 11.2. The molecule has 0 aliphatic carbocycles. The minimum atomic E-state index is -4.82. The molecule has 0 saturated carbocycles. The number of carbonyl (C=O) groups is 4. The molecule has 0 bridgehead atoms. The zero-order chi connectivity index (χ0) is 34.3. The van der Waals surface area contributed by atoms with Gasteiger partial charge in [-0.1, -0.05) is 48.5 Å². The molecule has 2 atom stereocenters. The maximum Gasteiger partial charge on any atom is 0.416 e. The second-order valence-corrected chi connectivity index (χ2v) is 11.8. The lowest BCUT2D eigenvalue weighted by Crippen LogP contribution is -2.59. The number of alkyl carbamates (subject to hydrolysis) is 1. The van der Waals surface area contributed by atoms with Crippen LogP contribution in [0.25, 0.3) is 0 Å². The van der Waals surface area contributed by atoms with Crippen LogP contribution in [-0.2, 0) is 36.6 Å². The molecule has 0 saturated heterocycles. The van der Waals surface area contributed by atoms with E-state index in [-0.39, 0.29) is 19.0 Å². The van der Waals surface area contributed by atoms with Gasteiger partial charge in [-0.25, -0.2) is 14.6 Å². The number of benzene rings is 2. The molecule has 0 aliphatic rings. The number of anilines is 1. The topological polar surface area (TPSA) is 161 Å². The van der Waals surface area contributed by atoms with Crippen LogP contribution in [0.5, 0.6) is 0 Å². The van der Waals surface area contributed by atoms with Crippen LogP contribution in [0.15, 0.2) is 67.1 Å². The van der Waals surface area contributed by atoms with Crippen molar-refractivity contribution in [1.82, 2.24) is 20.2 Å². The number of amides is 3. The van der Waals surface area contributed by atoms with Crippen molar-refractivity contribution in [1.29, 1.82) is 0 Å². The summed E-state index contributed by atoms with van der Waals surface area (Å²) in [5, 5.41) is 17.2. The summed E-state index contributed by atoms with van der Waals surface area (Å²) in [5.74, 6) is -3.38. The van der Waals surface area contributed by atoms with Gasteiger partial charge in [0.15, 0.2) is 11.9 Å². The third-order valence-electron chi connectivity index (χ3n) is 6.34. The number of carboxylic acid groups (broad SMARTS) is 1. The minimum Gasteiger partial charge on any atom is -0.479 e. The van der Waals surface area contributed by atoms with Crippen molar-refractivity contribution in [3.63, 3.8) is 0 Å². The number of alkyl halides is 3. The number of rotatable bonds is 12. The van der Waals surface area contributed by atoms with Crippen LogP contribution in [0.4, 0.5) is 23.8 Å². The van der Waals surface area contributed by atoms with Crippen LogP contribution in [0.1, 0.15) is 57.4 Å². The number of nitrogens with one attached hydrogen (secondary N) is 3. The highest BCUT2D eigenvalue weighted by Gasteiger charge is 2.38. The summed E-state index contributed by atoms with van der Waals surface area (Å²) in [5.41, 5.74) is -3.25. The molecule has 4 N–H and O–H groups in total. The highest BCUT2D eigenvalue weighted by atomic mass is 19.4. The summed E-state index contributed by atoms with van der Waals surface area (Å²) in [7, 11) is 0. The van der Waals surface area contributed by atoms with E-state index in [2.05, 4.69) is 20.9 Å². The molecular formula is C31H36F3N5O7. The number of ether oxygens (including phenoxy) is 2. The quantitative estimate of drug-likeness (QED) is 0.223. The summed E-state index contributed by atoms with van der Waals surface area (Å²) in [6, 6.07) is 10.1. The number of nitrogens with zero attached hydrogens (tertiary/aromatic N) is 2. The number of aromatic nitrogens is 2. The Hall–Kier alpha value is -4.92. The standard InChI is InChI=1S/C31H36F3N5O7/c1-29(2,3)46-28(44)38-30(4,5)27(43)36-22(17-45-16-19-11-7-6-8-12-19)25(40)37-23-15-39(18-35-23)24(26(41)42)20-13-9-10-14-21(20)31(32,33)34/h6-15,18,22,24H,16-17H2,1-5H3,(H,36,43)(H,37,40)(H,38,44)(H,41,42). The molecule has 12 nitrogen and oxygen atoms in total. The summed E-state index contributed by atoms with van der Waals surface area (Å²) in [6.07, 6.45) is -3.66. The monoisotopic (exact) mass is 647 g/mol. The highest BCUT2D eigenvalue weighted by molar-refractivity contribution is 5.98. The van der Waals surface area contributed by atoms with Gasteiger partial charge in [-0.05, 0) is 51.8 Å². The van der Waals surface area contributed by atoms with Crippen molar-refractivity contribution in [2.45, 2.75) is 70.6 Å². The third-order valence-corrected chi connectivity index (χ3v) is 6.34. The molecule has 1 heterocycles. The van der Waals surface area contributed by atoms with Crippen molar-refractivity contribution in [3.8, 4) is 0 Å². The van der Waals surface area contributed by atoms with Gasteiger partial charge in [-0.2, -0.15) is 13.2 Å². The van der Waals surface area contributed by atoms with E-state index < -0.39 is 64.4 Å². The van der Waals surface area contributed by atoms with Crippen molar-refractivity contribution < 1.29 is 46.9 Å². The fourth-order valence-electron chi connectivity index (χ4n) is 4.18. The lowest BCUT2D eigenvalue weighted by molar-refractivity contribution is -0.142. The van der Waals surface area contributed by atoms with Gasteiger partial charge in [0.25, 0.3) is 5.91 Å². The van der Waals surface area contributed by atoms with E-state index in [0.29, 0.717) is 0 Å². The van der Waals surface area contributed by atoms with Gasteiger partial charge in [-0.15, -0.1) is 0 Å². The highest BCUT2D eigenvalue weighted by Crippen LogP contribution is 2.36. The molecule has 3 rings (SSSR count). The van der Waals surface area contributed by atoms with Crippen LogP contribution in [-0.4, -0.2) is 62.3 Å². The Morgan fingerprint density at radius 1 is 0.957 bits per heavy atom. The van der Waals surface area contributed by atoms with E-state index in [1.807, 2.05) is 6.07 Å². The van der Waals surface area contributed by atoms with Crippen LogP contribution in [0.3, 0.4) is 0 Å². The molecule has 0 fully saturated rings. The lowest BCUT2D eigenvalue weighted by Gasteiger charge is -2.29. The van der Waals surface area contributed by atoms with Gasteiger partial charge < -0.3 is 35.1 Å². The average molecular weight is 648 g/mol. The van der Waals surface area contributed by atoms with E-state index in [1.165, 1.54) is 19.9 Å². The summed E-state index contributed by atoms with van der Waals surface area (Å²) >= 11 is 0. The number of aliphatic carboxylic acids is 1. The molecule has 3 amide bonds. The molecule has 0 radical (unpaired) electrons. The first-order valence-corrected chi connectivity index (χ1v) is 14.0. The lowest BCUT2D eigenvalue weighted by atomic mass is 10.00. The van der Waals surface area contributed by atoms with Crippen molar-refractivity contribution in [2.24, 2.45) is 0 Å². The Labute approximate surface area is 263 Å². The second kappa shape index (κ2) is 14.5. The molecule has 0 aliphatic heterocycles. The number of carboxylic acids is 1. The summed E-state index contributed by atoms with van der Waals surface area (Å²) in [6.45, 7) is 7.52. The average Bonchev–Trinajstić information content (AvgIpc) is 3.38. The molecule has 2 aromatic carbocycles. The maximum absolute atomic E-state index is 13.6. The maximum atomic E-state index is 13.6. The smallest absolute Gasteiger partial charge is 0.416 e. The number of hydrogen-bond donors (Lipinski definition) is 4. The molecule has 15 heteroatoms. The molecule has 3 aromatic rings. The molecule has 1 aromatic heterocycles. The number of halogens is 3. The molecule has 2 unspecified atom stereocenters. The third kappa shape index (κ3) is 10.1. The largest absolute Gasteiger partial charge is 0.479 e. The van der Waals surface area contributed by atoms with E-state index in [0.717, 1.165) is 40.9 Å². The second-order valence-electron chi connectivity index (χ2n) is 11.8. The number of carbonyl (C=O) groups excluding carboxylic acids is 3. The van der Waals surface area contributed by atoms with Crippen LogP contribution in [0, 0.1) is 0 Å². The normalized spacial score (nSPS) is 13.3. The molecule has 46 heavy (non-hydrogen) atoms. The van der Waals surface area contributed by atoms with Gasteiger partial charge in [0.05, 0.1) is 25.1 Å². The summed E-state index contributed by atoms with van der Waals surface area (Å²) < 4.78 is 52.7. The first-order chi connectivity index (χ1) is 21.4. The summed E-state index contributed by atoms with van der Waals surface area (Å²) in [4.78, 5) is 55.0. The fourth-order valence-corrected chi connectivity index (χ4v) is 4.18. The Bertz CT molecular complexity index is 1530. The Balaban J connectivity index is 1.81. The molecule has 248 valence electrons. The van der Waals surface area contributed by atoms with Gasteiger partial charge in [-0.3, -0.25) is 9.59 Å². The van der Waals surface area contributed by atoms with E-state index >= 15 is 0 Å². The van der Waals surface area contributed by atoms with Crippen molar-refractivity contribution >= 4 is 29.7 Å². The van der Waals surface area contributed by atoms with Crippen LogP contribution in [0.2, 0.25) is 0 Å². The Morgan fingerprint density at radius 2 is 1.59 bits per heavy atom. The fraction of sp³-hybridized carbons (Fsp3) is 0.387. The van der Waals surface area contributed by atoms with Crippen molar-refractivity contribution in [2.75, 3.05) is 11.9 Å². The molecule has 0 spiro atoms. The van der Waals surface area contributed by atoms with Gasteiger partial charge >= 0.3 is 18.2 Å². The zero-order valence-corrected chi connectivity index (χ0v) is 25.8. The van der Waals surface area contributed by atoms with Gasteiger partial charge in [0, 0.05) is 6.20 Å². The SMILES string of the molecule is CC(C)(C)OC(=O)NC(C)(C)C(=O)NC(COCc1ccccc1)C(=O)Nc1cn(C(C(=O)O)c2ccccc2C(F)(F)F)cn1. The predicted molar refractivity (Wildman–Crippen MR) is 160 cm³/mol. The predicted octanol–water partition coefficient (Wildman–Crippen LogP) is 4.52. The van der Waals surface area contributed by atoms with Crippen molar-refractivity contribution in [3.05, 3.63) is 83.8 Å². The number of imidazole rings is 1. The van der Waals surface area contributed by atoms with Crippen LogP contribution < -0.4 is 16.0 Å². The Morgan fingerprint density at radius 3 is 2.20 bits per heavy atom. The number of hydrogen-bond acceptors (Lipinski definition) is 7. The van der Waals surface area contributed by atoms with E-state index in [4.69, 9.17) is 9.47 Å². The van der Waals surface area contributed by atoms with Gasteiger partial charge in [0.2, 0.25) is 5.91 Å².